The molecule has 1 amide bonds. The third-order valence-corrected chi connectivity index (χ3v) is 3.20. The van der Waals surface area contributed by atoms with Crippen molar-refractivity contribution in [3.05, 3.63) is 0 Å². The van der Waals surface area contributed by atoms with E-state index in [1.165, 1.54) is 0 Å². The van der Waals surface area contributed by atoms with Crippen LogP contribution in [0.4, 0.5) is 0 Å². The number of nitrogens with one attached hydrogen (secondary N) is 2. The van der Waals surface area contributed by atoms with Crippen LogP contribution in [-0.4, -0.2) is 36.2 Å². The first-order chi connectivity index (χ1) is 7.65. The lowest BCUT2D eigenvalue weighted by molar-refractivity contribution is -0.124. The van der Waals surface area contributed by atoms with Crippen LogP contribution in [0, 0.1) is 5.92 Å². The first-order valence-electron chi connectivity index (χ1n) is 6.29. The van der Waals surface area contributed by atoms with Crippen molar-refractivity contribution in [2.24, 2.45) is 5.92 Å². The third kappa shape index (κ3) is 4.10. The molecule has 94 valence electrons. The molecular formula is C12H24N2O2. The van der Waals surface area contributed by atoms with Crippen LogP contribution in [0.15, 0.2) is 0 Å². The zero-order chi connectivity index (χ0) is 12.0. The molecule has 4 heteroatoms. The van der Waals surface area contributed by atoms with Gasteiger partial charge in [-0.2, -0.15) is 0 Å². The van der Waals surface area contributed by atoms with Crippen LogP contribution in [0.3, 0.4) is 0 Å². The standard InChI is InChI=1S/C12H24N2O2/c1-9(2)10(6-8-15)14-12(16)11-5-3-4-7-13-11/h9-11,13,15H,3-8H2,1-2H3,(H,14,16)/t10?,11-/m0/s1. The van der Waals surface area contributed by atoms with Crippen molar-refractivity contribution >= 4 is 5.91 Å². The Hall–Kier alpha value is -0.610. The van der Waals surface area contributed by atoms with Crippen LogP contribution >= 0.6 is 0 Å². The number of carbonyl (C=O) groups is 1. The maximum atomic E-state index is 11.9. The largest absolute Gasteiger partial charge is 0.396 e. The number of rotatable bonds is 5. The van der Waals surface area contributed by atoms with Crippen molar-refractivity contribution in [2.75, 3.05) is 13.2 Å². The maximum Gasteiger partial charge on any atom is 0.237 e. The fourth-order valence-electron chi connectivity index (χ4n) is 2.07. The molecular weight excluding hydrogens is 204 g/mol. The SMILES string of the molecule is CC(C)C(CCO)NC(=O)[C@@H]1CCCCN1. The lowest BCUT2D eigenvalue weighted by atomic mass is 9.99. The van der Waals surface area contributed by atoms with Gasteiger partial charge in [0.15, 0.2) is 0 Å². The summed E-state index contributed by atoms with van der Waals surface area (Å²) in [7, 11) is 0. The van der Waals surface area contributed by atoms with Gasteiger partial charge in [-0.25, -0.2) is 0 Å². The van der Waals surface area contributed by atoms with Gasteiger partial charge in [0.2, 0.25) is 5.91 Å². The van der Waals surface area contributed by atoms with Crippen molar-refractivity contribution in [1.82, 2.24) is 10.6 Å². The Balaban J connectivity index is 2.40. The van der Waals surface area contributed by atoms with Gasteiger partial charge in [-0.05, 0) is 31.7 Å². The highest BCUT2D eigenvalue weighted by Gasteiger charge is 2.23. The molecule has 2 atom stereocenters. The Bertz CT molecular complexity index is 213. The summed E-state index contributed by atoms with van der Waals surface area (Å²) < 4.78 is 0. The van der Waals surface area contributed by atoms with Crippen LogP contribution in [0.25, 0.3) is 0 Å². The topological polar surface area (TPSA) is 61.4 Å². The van der Waals surface area contributed by atoms with E-state index in [9.17, 15) is 4.79 Å². The molecule has 1 unspecified atom stereocenters. The zero-order valence-corrected chi connectivity index (χ0v) is 10.3. The van der Waals surface area contributed by atoms with Crippen LogP contribution in [0.5, 0.6) is 0 Å². The fourth-order valence-corrected chi connectivity index (χ4v) is 2.07. The average Bonchev–Trinajstić information content (AvgIpc) is 2.29. The number of hydrogen-bond acceptors (Lipinski definition) is 3. The summed E-state index contributed by atoms with van der Waals surface area (Å²) in [6, 6.07) is 0.0509. The summed E-state index contributed by atoms with van der Waals surface area (Å²) in [5.41, 5.74) is 0. The lowest BCUT2D eigenvalue weighted by Gasteiger charge is -2.27. The Morgan fingerprint density at radius 3 is 2.75 bits per heavy atom. The van der Waals surface area contributed by atoms with Crippen LogP contribution in [0.1, 0.15) is 39.5 Å². The molecule has 0 spiro atoms. The van der Waals surface area contributed by atoms with E-state index in [-0.39, 0.29) is 24.6 Å². The van der Waals surface area contributed by atoms with Crippen molar-refractivity contribution in [1.29, 1.82) is 0 Å². The van der Waals surface area contributed by atoms with E-state index in [2.05, 4.69) is 24.5 Å². The lowest BCUT2D eigenvalue weighted by Crippen LogP contribution is -2.51. The summed E-state index contributed by atoms with van der Waals surface area (Å²) in [4.78, 5) is 11.9. The highest BCUT2D eigenvalue weighted by atomic mass is 16.3. The molecule has 0 radical (unpaired) electrons. The highest BCUT2D eigenvalue weighted by molar-refractivity contribution is 5.82. The molecule has 0 aromatic carbocycles. The molecule has 0 aromatic rings. The molecule has 16 heavy (non-hydrogen) atoms. The van der Waals surface area contributed by atoms with Crippen molar-refractivity contribution in [3.8, 4) is 0 Å². The molecule has 1 fully saturated rings. The Kier molecular flexibility index (Phi) is 5.77. The molecule has 0 aliphatic carbocycles. The number of hydrogen-bond donors (Lipinski definition) is 3. The second-order valence-electron chi connectivity index (χ2n) is 4.87. The molecule has 4 nitrogen and oxygen atoms in total. The number of aliphatic hydroxyl groups is 1. The monoisotopic (exact) mass is 228 g/mol. The van der Waals surface area contributed by atoms with Crippen LogP contribution < -0.4 is 10.6 Å². The summed E-state index contributed by atoms with van der Waals surface area (Å²) in [6.45, 7) is 5.19. The summed E-state index contributed by atoms with van der Waals surface area (Å²) in [5, 5.41) is 15.2. The Labute approximate surface area is 97.8 Å². The van der Waals surface area contributed by atoms with Gasteiger partial charge in [0.05, 0.1) is 6.04 Å². The highest BCUT2D eigenvalue weighted by Crippen LogP contribution is 2.10. The fraction of sp³-hybridized carbons (Fsp3) is 0.917. The summed E-state index contributed by atoms with van der Waals surface area (Å²) >= 11 is 0. The van der Waals surface area contributed by atoms with E-state index in [1.54, 1.807) is 0 Å². The quantitative estimate of drug-likeness (QED) is 0.647. The molecule has 1 aliphatic rings. The molecule has 1 rings (SSSR count). The smallest absolute Gasteiger partial charge is 0.237 e. The van der Waals surface area contributed by atoms with Crippen molar-refractivity contribution in [2.45, 2.75) is 51.6 Å². The van der Waals surface area contributed by atoms with Crippen molar-refractivity contribution < 1.29 is 9.90 Å². The van der Waals surface area contributed by atoms with Gasteiger partial charge in [-0.1, -0.05) is 20.3 Å². The summed E-state index contributed by atoms with van der Waals surface area (Å²) in [5.74, 6) is 0.451. The molecule has 3 N–H and O–H groups in total. The number of amides is 1. The normalized spacial score (nSPS) is 23.1. The zero-order valence-electron chi connectivity index (χ0n) is 10.3. The molecule has 1 heterocycles. The van der Waals surface area contributed by atoms with Gasteiger partial charge in [-0.15, -0.1) is 0 Å². The second-order valence-corrected chi connectivity index (χ2v) is 4.87. The molecule has 0 saturated carbocycles. The number of aliphatic hydroxyl groups excluding tert-OH is 1. The van der Waals surface area contributed by atoms with E-state index >= 15 is 0 Å². The minimum atomic E-state index is -0.0336. The first-order valence-corrected chi connectivity index (χ1v) is 6.29. The minimum absolute atomic E-state index is 0.0336. The average molecular weight is 228 g/mol. The van der Waals surface area contributed by atoms with Gasteiger partial charge >= 0.3 is 0 Å². The van der Waals surface area contributed by atoms with E-state index in [1.807, 2.05) is 0 Å². The van der Waals surface area contributed by atoms with Crippen molar-refractivity contribution in [3.63, 3.8) is 0 Å². The van der Waals surface area contributed by atoms with Crippen LogP contribution in [-0.2, 0) is 4.79 Å². The van der Waals surface area contributed by atoms with Gasteiger partial charge in [-0.3, -0.25) is 4.79 Å². The Morgan fingerprint density at radius 1 is 1.50 bits per heavy atom. The molecule has 1 saturated heterocycles. The van der Waals surface area contributed by atoms with Gasteiger partial charge in [0, 0.05) is 12.6 Å². The molecule has 0 aromatic heterocycles. The first kappa shape index (κ1) is 13.5. The predicted octanol–water partition coefficient (Wildman–Crippen LogP) is 0.652. The Morgan fingerprint density at radius 2 is 2.25 bits per heavy atom. The van der Waals surface area contributed by atoms with Gasteiger partial charge in [0.25, 0.3) is 0 Å². The third-order valence-electron chi connectivity index (χ3n) is 3.20. The van der Waals surface area contributed by atoms with E-state index in [4.69, 9.17) is 5.11 Å². The van der Waals surface area contributed by atoms with E-state index in [0.29, 0.717) is 12.3 Å². The summed E-state index contributed by atoms with van der Waals surface area (Å²) in [6.07, 6.45) is 3.84. The van der Waals surface area contributed by atoms with Gasteiger partial charge < -0.3 is 15.7 Å². The van der Waals surface area contributed by atoms with E-state index in [0.717, 1.165) is 25.8 Å². The predicted molar refractivity (Wildman–Crippen MR) is 64.1 cm³/mol. The minimum Gasteiger partial charge on any atom is -0.396 e. The molecule has 1 aliphatic heterocycles. The number of carbonyl (C=O) groups excluding carboxylic acids is 1. The maximum absolute atomic E-state index is 11.9. The molecule has 0 bridgehead atoms. The second kappa shape index (κ2) is 6.86. The van der Waals surface area contributed by atoms with E-state index < -0.39 is 0 Å². The van der Waals surface area contributed by atoms with Gasteiger partial charge in [0.1, 0.15) is 0 Å². The van der Waals surface area contributed by atoms with Crippen LogP contribution in [0.2, 0.25) is 0 Å². The number of piperidine rings is 1.